The smallest absolute Gasteiger partial charge is 0.227 e. The number of anilines is 1. The molecule has 2 rings (SSSR count). The Balaban J connectivity index is 2.13. The fraction of sp³-hybridized carbons (Fsp3) is 0.429. The number of hydrogen-bond donors (Lipinski definition) is 1. The predicted molar refractivity (Wildman–Crippen MR) is 80.2 cm³/mol. The summed E-state index contributed by atoms with van der Waals surface area (Å²) in [5.74, 6) is -0.518. The number of carbonyl (C=O) groups is 2. The van der Waals surface area contributed by atoms with Crippen molar-refractivity contribution in [3.8, 4) is 0 Å². The van der Waals surface area contributed by atoms with E-state index in [0.29, 0.717) is 28.8 Å². The minimum absolute atomic E-state index is 0.0825. The summed E-state index contributed by atoms with van der Waals surface area (Å²) in [4.78, 5) is 25.5. The lowest BCUT2D eigenvalue weighted by molar-refractivity contribution is -0.126. The molecule has 0 saturated carbocycles. The lowest BCUT2D eigenvalue weighted by Gasteiger charge is -2.18. The van der Waals surface area contributed by atoms with Crippen molar-refractivity contribution in [3.63, 3.8) is 0 Å². The number of benzene rings is 1. The summed E-state index contributed by atoms with van der Waals surface area (Å²) in [6.07, 6.45) is 1.08. The van der Waals surface area contributed by atoms with Gasteiger partial charge in [0.1, 0.15) is 0 Å². The molecule has 4 nitrogen and oxygen atoms in total. The largest absolute Gasteiger partial charge is 0.356 e. The van der Waals surface area contributed by atoms with E-state index in [4.69, 9.17) is 23.2 Å². The van der Waals surface area contributed by atoms with E-state index < -0.39 is 0 Å². The third kappa shape index (κ3) is 3.07. The van der Waals surface area contributed by atoms with Crippen LogP contribution in [0.25, 0.3) is 0 Å². The molecule has 1 saturated heterocycles. The van der Waals surface area contributed by atoms with E-state index in [1.165, 1.54) is 4.90 Å². The molecule has 0 aromatic heterocycles. The Hall–Kier alpha value is -1.26. The molecule has 2 amide bonds. The van der Waals surface area contributed by atoms with Crippen LogP contribution >= 0.6 is 23.2 Å². The Bertz CT molecular complexity index is 534. The van der Waals surface area contributed by atoms with Gasteiger partial charge in [-0.05, 0) is 18.6 Å². The fourth-order valence-electron chi connectivity index (χ4n) is 2.21. The zero-order valence-corrected chi connectivity index (χ0v) is 12.7. The van der Waals surface area contributed by atoms with Crippen molar-refractivity contribution in [2.75, 3.05) is 18.0 Å². The van der Waals surface area contributed by atoms with Gasteiger partial charge in [-0.3, -0.25) is 9.59 Å². The quantitative estimate of drug-likeness (QED) is 0.929. The van der Waals surface area contributed by atoms with Crippen LogP contribution in [0, 0.1) is 5.92 Å². The Labute approximate surface area is 128 Å². The Morgan fingerprint density at radius 2 is 2.20 bits per heavy atom. The van der Waals surface area contributed by atoms with Gasteiger partial charge >= 0.3 is 0 Å². The second-order valence-electron chi connectivity index (χ2n) is 4.77. The highest BCUT2D eigenvalue weighted by molar-refractivity contribution is 6.44. The zero-order valence-electron chi connectivity index (χ0n) is 11.2. The SMILES string of the molecule is CCCNC(=O)C1CC(=O)N(c2cccc(Cl)c2Cl)C1. The lowest BCUT2D eigenvalue weighted by atomic mass is 10.1. The van der Waals surface area contributed by atoms with Crippen molar-refractivity contribution < 1.29 is 9.59 Å². The first-order valence-corrected chi connectivity index (χ1v) is 7.32. The van der Waals surface area contributed by atoms with Crippen LogP contribution in [0.1, 0.15) is 19.8 Å². The van der Waals surface area contributed by atoms with Gasteiger partial charge in [0.15, 0.2) is 0 Å². The van der Waals surface area contributed by atoms with Crippen LogP contribution in [-0.4, -0.2) is 24.9 Å². The highest BCUT2D eigenvalue weighted by Gasteiger charge is 2.35. The van der Waals surface area contributed by atoms with E-state index in [2.05, 4.69) is 5.32 Å². The van der Waals surface area contributed by atoms with Crippen LogP contribution in [0.15, 0.2) is 18.2 Å². The van der Waals surface area contributed by atoms with Crippen molar-refractivity contribution in [2.24, 2.45) is 5.92 Å². The van der Waals surface area contributed by atoms with Gasteiger partial charge in [0.05, 0.1) is 21.7 Å². The maximum absolute atomic E-state index is 12.1. The van der Waals surface area contributed by atoms with Crippen molar-refractivity contribution >= 4 is 40.7 Å². The first kappa shape index (κ1) is 15.1. The highest BCUT2D eigenvalue weighted by Crippen LogP contribution is 2.35. The summed E-state index contributed by atoms with van der Waals surface area (Å²) >= 11 is 12.1. The Morgan fingerprint density at radius 3 is 2.90 bits per heavy atom. The summed E-state index contributed by atoms with van der Waals surface area (Å²) in [6.45, 7) is 2.95. The molecule has 1 aromatic rings. The summed E-state index contributed by atoms with van der Waals surface area (Å²) in [5.41, 5.74) is 0.565. The normalized spacial score (nSPS) is 18.4. The van der Waals surface area contributed by atoms with E-state index in [-0.39, 0.29) is 24.2 Å². The van der Waals surface area contributed by atoms with Crippen LogP contribution in [0.3, 0.4) is 0 Å². The van der Waals surface area contributed by atoms with E-state index in [9.17, 15) is 9.59 Å². The van der Waals surface area contributed by atoms with Gasteiger partial charge in [-0.15, -0.1) is 0 Å². The molecule has 0 bridgehead atoms. The van der Waals surface area contributed by atoms with Crippen molar-refractivity contribution in [3.05, 3.63) is 28.2 Å². The van der Waals surface area contributed by atoms with Crippen molar-refractivity contribution in [1.29, 1.82) is 0 Å². The van der Waals surface area contributed by atoms with Gasteiger partial charge in [-0.2, -0.15) is 0 Å². The first-order chi connectivity index (χ1) is 9.54. The average molecular weight is 315 g/mol. The summed E-state index contributed by atoms with van der Waals surface area (Å²) < 4.78 is 0. The molecular weight excluding hydrogens is 299 g/mol. The molecule has 0 spiro atoms. The topological polar surface area (TPSA) is 49.4 Å². The molecule has 0 aliphatic carbocycles. The maximum Gasteiger partial charge on any atom is 0.227 e. The monoisotopic (exact) mass is 314 g/mol. The molecule has 1 aliphatic heterocycles. The van der Waals surface area contributed by atoms with E-state index in [1.807, 2.05) is 6.92 Å². The van der Waals surface area contributed by atoms with Gasteiger partial charge in [0.2, 0.25) is 11.8 Å². The predicted octanol–water partition coefficient (Wildman–Crippen LogP) is 2.87. The minimum atomic E-state index is -0.330. The van der Waals surface area contributed by atoms with E-state index in [0.717, 1.165) is 6.42 Å². The second kappa shape index (κ2) is 6.46. The summed E-state index contributed by atoms with van der Waals surface area (Å²) in [7, 11) is 0. The number of hydrogen-bond acceptors (Lipinski definition) is 2. The number of nitrogens with zero attached hydrogens (tertiary/aromatic N) is 1. The first-order valence-electron chi connectivity index (χ1n) is 6.56. The van der Waals surface area contributed by atoms with Gasteiger partial charge < -0.3 is 10.2 Å². The number of rotatable bonds is 4. The van der Waals surface area contributed by atoms with Crippen LogP contribution in [-0.2, 0) is 9.59 Å². The fourth-order valence-corrected chi connectivity index (χ4v) is 2.61. The molecule has 1 atom stereocenters. The van der Waals surface area contributed by atoms with Crippen LogP contribution in [0.2, 0.25) is 10.0 Å². The van der Waals surface area contributed by atoms with E-state index >= 15 is 0 Å². The minimum Gasteiger partial charge on any atom is -0.356 e. The molecule has 6 heteroatoms. The highest BCUT2D eigenvalue weighted by atomic mass is 35.5. The van der Waals surface area contributed by atoms with Gasteiger partial charge in [-0.25, -0.2) is 0 Å². The third-order valence-corrected chi connectivity index (χ3v) is 4.08. The molecule has 1 unspecified atom stereocenters. The molecular formula is C14H16Cl2N2O2. The second-order valence-corrected chi connectivity index (χ2v) is 5.55. The standard InChI is InChI=1S/C14H16Cl2N2O2/c1-2-6-17-14(20)9-7-12(19)18(8-9)11-5-3-4-10(15)13(11)16/h3-5,9H,2,6-8H2,1H3,(H,17,20). The van der Waals surface area contributed by atoms with Gasteiger partial charge in [0, 0.05) is 19.5 Å². The average Bonchev–Trinajstić information content (AvgIpc) is 2.81. The van der Waals surface area contributed by atoms with Crippen molar-refractivity contribution in [1.82, 2.24) is 5.32 Å². The molecule has 0 radical (unpaired) electrons. The zero-order chi connectivity index (χ0) is 14.7. The number of nitrogens with one attached hydrogen (secondary N) is 1. The van der Waals surface area contributed by atoms with Gasteiger partial charge in [0.25, 0.3) is 0 Å². The number of carbonyl (C=O) groups excluding carboxylic acids is 2. The van der Waals surface area contributed by atoms with Crippen LogP contribution in [0.5, 0.6) is 0 Å². The lowest BCUT2D eigenvalue weighted by Crippen LogP contribution is -2.33. The molecule has 1 aliphatic rings. The molecule has 1 N–H and O–H groups in total. The van der Waals surface area contributed by atoms with Crippen molar-refractivity contribution in [2.45, 2.75) is 19.8 Å². The van der Waals surface area contributed by atoms with Gasteiger partial charge in [-0.1, -0.05) is 36.2 Å². The summed E-state index contributed by atoms with van der Waals surface area (Å²) in [6, 6.07) is 5.14. The molecule has 1 fully saturated rings. The molecule has 20 heavy (non-hydrogen) atoms. The van der Waals surface area contributed by atoms with Crippen LogP contribution in [0.4, 0.5) is 5.69 Å². The molecule has 1 aromatic carbocycles. The number of amides is 2. The van der Waals surface area contributed by atoms with Crippen LogP contribution < -0.4 is 10.2 Å². The summed E-state index contributed by atoms with van der Waals surface area (Å²) in [5, 5.41) is 3.56. The Morgan fingerprint density at radius 1 is 1.45 bits per heavy atom. The maximum atomic E-state index is 12.1. The molecule has 1 heterocycles. The number of halogens is 2. The molecule has 108 valence electrons. The Kier molecular flexibility index (Phi) is 4.89. The third-order valence-electron chi connectivity index (χ3n) is 3.27. The van der Waals surface area contributed by atoms with E-state index in [1.54, 1.807) is 18.2 Å².